The van der Waals surface area contributed by atoms with Crippen molar-refractivity contribution in [2.24, 2.45) is 5.73 Å². The van der Waals surface area contributed by atoms with Crippen LogP contribution >= 0.6 is 0 Å². The van der Waals surface area contributed by atoms with Gasteiger partial charge in [-0.05, 0) is 36.1 Å². The van der Waals surface area contributed by atoms with Gasteiger partial charge in [-0.2, -0.15) is 0 Å². The average Bonchev–Trinajstić information content (AvgIpc) is 2.76. The van der Waals surface area contributed by atoms with Gasteiger partial charge in [0.15, 0.2) is 11.5 Å². The van der Waals surface area contributed by atoms with Crippen molar-refractivity contribution in [3.8, 4) is 34.1 Å². The standard InChI is InChI=1S/C19H23NO4/c1-21-15-7-5-6-12-11(15)8-9-14(20)13-10-16(22-2)18(23-3)19(24-4)17(12)13/h5-7,10,14H,8-9,20H2,1-4H3. The Bertz CT molecular complexity index is 758. The van der Waals surface area contributed by atoms with Crippen LogP contribution in [0.3, 0.4) is 0 Å². The molecule has 1 unspecified atom stereocenters. The number of nitrogens with two attached hydrogens (primary N) is 1. The zero-order chi connectivity index (χ0) is 17.3. The van der Waals surface area contributed by atoms with E-state index in [1.54, 1.807) is 28.4 Å². The molecule has 0 saturated carbocycles. The molecule has 0 saturated heterocycles. The molecule has 0 aliphatic heterocycles. The van der Waals surface area contributed by atoms with Crippen molar-refractivity contribution >= 4 is 0 Å². The molecule has 0 aromatic heterocycles. The van der Waals surface area contributed by atoms with Gasteiger partial charge in [0, 0.05) is 17.2 Å². The first-order valence-electron chi connectivity index (χ1n) is 7.90. The Morgan fingerprint density at radius 1 is 0.917 bits per heavy atom. The molecule has 1 aliphatic rings. The minimum absolute atomic E-state index is 0.120. The van der Waals surface area contributed by atoms with Crippen LogP contribution < -0.4 is 24.7 Å². The lowest BCUT2D eigenvalue weighted by molar-refractivity contribution is 0.324. The van der Waals surface area contributed by atoms with E-state index in [2.05, 4.69) is 6.07 Å². The number of hydrogen-bond donors (Lipinski definition) is 1. The van der Waals surface area contributed by atoms with E-state index < -0.39 is 0 Å². The Balaban J connectivity index is 2.40. The summed E-state index contributed by atoms with van der Waals surface area (Å²) in [6.07, 6.45) is 1.65. The zero-order valence-corrected chi connectivity index (χ0v) is 14.5. The fourth-order valence-electron chi connectivity index (χ4n) is 3.45. The van der Waals surface area contributed by atoms with Crippen LogP contribution in [0.2, 0.25) is 0 Å². The maximum atomic E-state index is 6.46. The van der Waals surface area contributed by atoms with Crippen molar-refractivity contribution in [3.63, 3.8) is 0 Å². The van der Waals surface area contributed by atoms with Gasteiger partial charge in [-0.25, -0.2) is 0 Å². The van der Waals surface area contributed by atoms with Gasteiger partial charge in [-0.1, -0.05) is 12.1 Å². The molecule has 0 amide bonds. The predicted octanol–water partition coefficient (Wildman–Crippen LogP) is 3.33. The molecule has 0 radical (unpaired) electrons. The largest absolute Gasteiger partial charge is 0.496 e. The summed E-state index contributed by atoms with van der Waals surface area (Å²) in [7, 11) is 6.54. The summed E-state index contributed by atoms with van der Waals surface area (Å²) in [5, 5.41) is 0. The van der Waals surface area contributed by atoms with Crippen LogP contribution in [0.4, 0.5) is 0 Å². The highest BCUT2D eigenvalue weighted by molar-refractivity contribution is 5.83. The van der Waals surface area contributed by atoms with E-state index in [4.69, 9.17) is 24.7 Å². The van der Waals surface area contributed by atoms with Crippen LogP contribution in [0.25, 0.3) is 11.1 Å². The van der Waals surface area contributed by atoms with Crippen molar-refractivity contribution in [1.82, 2.24) is 0 Å². The highest BCUT2D eigenvalue weighted by Crippen LogP contribution is 2.51. The van der Waals surface area contributed by atoms with Gasteiger partial charge in [0.25, 0.3) is 0 Å². The zero-order valence-electron chi connectivity index (χ0n) is 14.5. The quantitative estimate of drug-likeness (QED) is 0.932. The molecule has 0 heterocycles. The molecule has 2 N–H and O–H groups in total. The van der Waals surface area contributed by atoms with Gasteiger partial charge in [0.2, 0.25) is 5.75 Å². The van der Waals surface area contributed by atoms with Gasteiger partial charge < -0.3 is 24.7 Å². The van der Waals surface area contributed by atoms with Crippen LogP contribution in [0.1, 0.15) is 23.6 Å². The third-order valence-electron chi connectivity index (χ3n) is 4.59. The maximum Gasteiger partial charge on any atom is 0.203 e. The Morgan fingerprint density at radius 2 is 1.62 bits per heavy atom. The second-order valence-electron chi connectivity index (χ2n) is 5.74. The van der Waals surface area contributed by atoms with Crippen LogP contribution in [-0.4, -0.2) is 28.4 Å². The third-order valence-corrected chi connectivity index (χ3v) is 4.59. The van der Waals surface area contributed by atoms with Crippen molar-refractivity contribution < 1.29 is 18.9 Å². The predicted molar refractivity (Wildman–Crippen MR) is 93.3 cm³/mol. The summed E-state index contributed by atoms with van der Waals surface area (Å²) in [5.74, 6) is 2.69. The minimum Gasteiger partial charge on any atom is -0.496 e. The van der Waals surface area contributed by atoms with Crippen LogP contribution in [0.5, 0.6) is 23.0 Å². The molecule has 2 aromatic carbocycles. The number of fused-ring (bicyclic) bond motifs is 3. The molecule has 0 fully saturated rings. The molecular formula is C19H23NO4. The fraction of sp³-hybridized carbons (Fsp3) is 0.368. The molecule has 2 aromatic rings. The Hall–Kier alpha value is -2.40. The number of hydrogen-bond acceptors (Lipinski definition) is 5. The molecule has 1 aliphatic carbocycles. The van der Waals surface area contributed by atoms with Gasteiger partial charge in [0.05, 0.1) is 28.4 Å². The molecule has 128 valence electrons. The molecule has 0 spiro atoms. The van der Waals surface area contributed by atoms with E-state index in [-0.39, 0.29) is 6.04 Å². The second kappa shape index (κ2) is 6.61. The van der Waals surface area contributed by atoms with E-state index >= 15 is 0 Å². The van der Waals surface area contributed by atoms with Crippen LogP contribution in [0, 0.1) is 0 Å². The summed E-state index contributed by atoms with van der Waals surface area (Å²) >= 11 is 0. The summed E-state index contributed by atoms with van der Waals surface area (Å²) < 4.78 is 22.3. The summed E-state index contributed by atoms with van der Waals surface area (Å²) in [5.41, 5.74) is 10.6. The molecule has 1 atom stereocenters. The summed E-state index contributed by atoms with van der Waals surface area (Å²) in [6, 6.07) is 7.86. The van der Waals surface area contributed by atoms with Crippen molar-refractivity contribution in [2.75, 3.05) is 28.4 Å². The number of benzene rings is 2. The van der Waals surface area contributed by atoms with E-state index in [9.17, 15) is 0 Å². The Morgan fingerprint density at radius 3 is 2.25 bits per heavy atom. The van der Waals surface area contributed by atoms with Crippen LogP contribution in [0.15, 0.2) is 24.3 Å². The highest BCUT2D eigenvalue weighted by Gasteiger charge is 2.29. The summed E-state index contributed by atoms with van der Waals surface area (Å²) in [4.78, 5) is 0. The third kappa shape index (κ3) is 2.45. The normalized spacial score (nSPS) is 15.8. The maximum absolute atomic E-state index is 6.46. The number of rotatable bonds is 4. The van der Waals surface area contributed by atoms with E-state index in [0.29, 0.717) is 17.2 Å². The van der Waals surface area contributed by atoms with Gasteiger partial charge in [0.1, 0.15) is 5.75 Å². The lowest BCUT2D eigenvalue weighted by Gasteiger charge is -2.21. The number of ether oxygens (including phenoxy) is 4. The second-order valence-corrected chi connectivity index (χ2v) is 5.74. The Kier molecular flexibility index (Phi) is 4.53. The van der Waals surface area contributed by atoms with Gasteiger partial charge in [-0.15, -0.1) is 0 Å². The van der Waals surface area contributed by atoms with Crippen LogP contribution in [-0.2, 0) is 6.42 Å². The SMILES string of the molecule is COc1cccc2c1CCC(N)c1cc(OC)c(OC)c(OC)c1-2. The van der Waals surface area contributed by atoms with Crippen molar-refractivity contribution in [1.29, 1.82) is 0 Å². The first-order chi connectivity index (χ1) is 11.7. The first-order valence-corrected chi connectivity index (χ1v) is 7.90. The molecule has 0 bridgehead atoms. The van der Waals surface area contributed by atoms with Crippen molar-refractivity contribution in [3.05, 3.63) is 35.4 Å². The lowest BCUT2D eigenvalue weighted by Crippen LogP contribution is -2.12. The van der Waals surface area contributed by atoms with Gasteiger partial charge in [-0.3, -0.25) is 0 Å². The Labute approximate surface area is 142 Å². The van der Waals surface area contributed by atoms with E-state index in [0.717, 1.165) is 40.8 Å². The molecular weight excluding hydrogens is 306 g/mol. The molecule has 24 heavy (non-hydrogen) atoms. The fourth-order valence-corrected chi connectivity index (χ4v) is 3.45. The topological polar surface area (TPSA) is 62.9 Å². The average molecular weight is 329 g/mol. The molecule has 5 heteroatoms. The molecule has 5 nitrogen and oxygen atoms in total. The highest BCUT2D eigenvalue weighted by atomic mass is 16.5. The first kappa shape index (κ1) is 16.5. The smallest absolute Gasteiger partial charge is 0.203 e. The molecule has 3 rings (SSSR count). The van der Waals surface area contributed by atoms with E-state index in [1.165, 1.54) is 0 Å². The van der Waals surface area contributed by atoms with Crippen molar-refractivity contribution in [2.45, 2.75) is 18.9 Å². The van der Waals surface area contributed by atoms with E-state index in [1.807, 2.05) is 18.2 Å². The summed E-state index contributed by atoms with van der Waals surface area (Å²) in [6.45, 7) is 0. The number of methoxy groups -OCH3 is 4. The minimum atomic E-state index is -0.120. The monoisotopic (exact) mass is 329 g/mol. The van der Waals surface area contributed by atoms with Gasteiger partial charge >= 0.3 is 0 Å². The lowest BCUT2D eigenvalue weighted by atomic mass is 9.93.